The molecule has 3 heterocycles. The molecule has 5 amide bonds. The lowest BCUT2D eigenvalue weighted by molar-refractivity contribution is -0.145. The fourth-order valence-corrected chi connectivity index (χ4v) is 10.0. The summed E-state index contributed by atoms with van der Waals surface area (Å²) in [4.78, 5) is 87.3. The molecule has 2 saturated heterocycles. The van der Waals surface area contributed by atoms with Gasteiger partial charge in [0, 0.05) is 13.0 Å². The first kappa shape index (κ1) is 41.5. The van der Waals surface area contributed by atoms with Crippen molar-refractivity contribution in [1.29, 1.82) is 0 Å². The van der Waals surface area contributed by atoms with E-state index in [2.05, 4.69) is 36.4 Å². The molecule has 0 bridgehead atoms. The third-order valence-electron chi connectivity index (χ3n) is 9.51. The Morgan fingerprint density at radius 3 is 2.22 bits per heavy atom. The summed E-state index contributed by atoms with van der Waals surface area (Å²) in [5, 5.41) is 17.6. The van der Waals surface area contributed by atoms with Gasteiger partial charge in [0.05, 0.1) is 23.1 Å². The van der Waals surface area contributed by atoms with E-state index < -0.39 is 63.7 Å². The van der Waals surface area contributed by atoms with Crippen molar-refractivity contribution in [3.8, 4) is 0 Å². The van der Waals surface area contributed by atoms with Gasteiger partial charge in [-0.3, -0.25) is 33.9 Å². The average Bonchev–Trinajstić information content (AvgIpc) is 3.84. The Kier molecular flexibility index (Phi) is 14.1. The number of hydrogen-bond donors (Lipinski definition) is 5. The summed E-state index contributed by atoms with van der Waals surface area (Å²) >= 11 is 3.45. The zero-order chi connectivity index (χ0) is 39.6. The van der Waals surface area contributed by atoms with Crippen molar-refractivity contribution in [2.75, 3.05) is 24.6 Å². The van der Waals surface area contributed by atoms with Gasteiger partial charge in [0.15, 0.2) is 5.82 Å². The summed E-state index contributed by atoms with van der Waals surface area (Å²) in [7, 11) is 0. The van der Waals surface area contributed by atoms with E-state index in [1.54, 1.807) is 28.4 Å². The SMILES string of the molecule is CCCC(NC(=O)[C@@H]1CC2(CN1C(=O)[C@H](NC(=O)Cc1ccccc1)C(C)(C)C)SCCCS2)C(=O)C(=O)NCC(=O)NC(c1ccccc1)c1ncn[nH]1. The fraction of sp³-hybridized carbons (Fsp3) is 0.487. The second-order valence-electron chi connectivity index (χ2n) is 14.9. The highest BCUT2D eigenvalue weighted by atomic mass is 32.2. The van der Waals surface area contributed by atoms with E-state index in [1.165, 1.54) is 6.33 Å². The normalized spacial score (nSPS) is 18.1. The molecule has 2 fully saturated rings. The molecule has 3 aromatic rings. The molecular weight excluding hydrogens is 741 g/mol. The van der Waals surface area contributed by atoms with Gasteiger partial charge in [0.2, 0.25) is 29.4 Å². The number of nitrogens with one attached hydrogen (secondary N) is 5. The summed E-state index contributed by atoms with van der Waals surface area (Å²) in [5.41, 5.74) is 0.857. The quantitative estimate of drug-likeness (QED) is 0.143. The number of aromatic amines is 1. The molecule has 294 valence electrons. The Hall–Kier alpha value is -4.70. The van der Waals surface area contributed by atoms with E-state index in [0.29, 0.717) is 25.2 Å². The van der Waals surface area contributed by atoms with E-state index in [9.17, 15) is 28.8 Å². The van der Waals surface area contributed by atoms with E-state index in [1.807, 2.05) is 88.4 Å². The van der Waals surface area contributed by atoms with E-state index >= 15 is 0 Å². The number of hydrogen-bond acceptors (Lipinski definition) is 10. The largest absolute Gasteiger partial charge is 0.344 e. The Bertz CT molecular complexity index is 1800. The molecule has 1 aromatic heterocycles. The number of thioether (sulfide) groups is 2. The number of nitrogens with zero attached hydrogens (tertiary/aromatic N) is 3. The molecule has 0 radical (unpaired) electrons. The Morgan fingerprint density at radius 1 is 0.927 bits per heavy atom. The standard InChI is InChI=1S/C39H50N8O6S2/c1-5-13-27(32(50)36(52)40-22-30(49)44-31(34-41-24-42-46-34)26-16-10-7-11-17-26)43-35(51)28-21-39(54-18-12-19-55-39)23-47(28)37(53)33(38(2,3)4)45-29(48)20-25-14-8-6-9-15-25/h6-11,14-17,24,27-28,31,33H,5,12-13,18-23H2,1-4H3,(H,40,52)(H,43,51)(H,44,49)(H,45,48)(H,41,42,46)/t27?,28-,31?,33-/m0/s1. The zero-order valence-corrected chi connectivity index (χ0v) is 33.3. The van der Waals surface area contributed by atoms with E-state index in [0.717, 1.165) is 29.1 Å². The fourth-order valence-electron chi connectivity index (χ4n) is 6.69. The minimum absolute atomic E-state index is 0.0971. The number of ketones is 1. The van der Waals surface area contributed by atoms with Crippen molar-refractivity contribution in [3.63, 3.8) is 0 Å². The molecule has 2 unspecified atom stereocenters. The lowest BCUT2D eigenvalue weighted by Crippen LogP contribution is -2.59. The van der Waals surface area contributed by atoms with Crippen LogP contribution in [0.3, 0.4) is 0 Å². The van der Waals surface area contributed by atoms with Gasteiger partial charge in [0.25, 0.3) is 5.91 Å². The topological polar surface area (TPSA) is 195 Å². The Balaban J connectivity index is 1.27. The lowest BCUT2D eigenvalue weighted by atomic mass is 9.85. The Morgan fingerprint density at radius 2 is 1.60 bits per heavy atom. The first-order valence-electron chi connectivity index (χ1n) is 18.5. The molecule has 2 aliphatic rings. The second kappa shape index (κ2) is 18.8. The molecule has 5 rings (SSSR count). The summed E-state index contributed by atoms with van der Waals surface area (Å²) in [6, 6.07) is 14.6. The molecule has 0 saturated carbocycles. The second-order valence-corrected chi connectivity index (χ2v) is 18.1. The number of benzene rings is 2. The van der Waals surface area contributed by atoms with E-state index in [-0.39, 0.29) is 24.7 Å². The maximum Gasteiger partial charge on any atom is 0.290 e. The van der Waals surface area contributed by atoms with Gasteiger partial charge in [-0.15, -0.1) is 23.5 Å². The van der Waals surface area contributed by atoms with Crippen LogP contribution in [0.1, 0.15) is 76.4 Å². The van der Waals surface area contributed by atoms with E-state index in [4.69, 9.17) is 0 Å². The lowest BCUT2D eigenvalue weighted by Gasteiger charge is -2.36. The van der Waals surface area contributed by atoms with Crippen LogP contribution in [0, 0.1) is 5.41 Å². The van der Waals surface area contributed by atoms with Crippen molar-refractivity contribution >= 4 is 58.8 Å². The molecule has 5 N–H and O–H groups in total. The molecule has 14 nitrogen and oxygen atoms in total. The number of rotatable bonds is 15. The number of carbonyl (C=O) groups excluding carboxylic acids is 6. The predicted molar refractivity (Wildman–Crippen MR) is 212 cm³/mol. The number of Topliss-reactive ketones (excluding diaryl/α,β-unsaturated/α-hetero) is 1. The molecule has 2 aliphatic heterocycles. The number of aromatic nitrogens is 3. The maximum atomic E-state index is 14.5. The maximum absolute atomic E-state index is 14.5. The molecule has 2 aromatic carbocycles. The minimum Gasteiger partial charge on any atom is -0.344 e. The summed E-state index contributed by atoms with van der Waals surface area (Å²) in [6.07, 6.45) is 3.42. The van der Waals surface area contributed by atoms with Gasteiger partial charge in [-0.1, -0.05) is 94.8 Å². The first-order valence-corrected chi connectivity index (χ1v) is 20.5. The summed E-state index contributed by atoms with van der Waals surface area (Å²) in [5.74, 6) is -1.56. The zero-order valence-electron chi connectivity index (χ0n) is 31.6. The third kappa shape index (κ3) is 11.0. The van der Waals surface area contributed by atoms with Crippen LogP contribution in [-0.4, -0.2) is 102 Å². The van der Waals surface area contributed by atoms with Crippen molar-refractivity contribution in [1.82, 2.24) is 41.3 Å². The molecule has 55 heavy (non-hydrogen) atoms. The van der Waals surface area contributed by atoms with Crippen LogP contribution in [0.25, 0.3) is 0 Å². The highest BCUT2D eigenvalue weighted by Gasteiger charge is 2.53. The summed E-state index contributed by atoms with van der Waals surface area (Å²) in [6.45, 7) is 7.23. The smallest absolute Gasteiger partial charge is 0.290 e. The first-order chi connectivity index (χ1) is 26.3. The van der Waals surface area contributed by atoms with Crippen molar-refractivity contribution < 1.29 is 28.8 Å². The van der Waals surface area contributed by atoms with Crippen LogP contribution in [-0.2, 0) is 35.2 Å². The van der Waals surface area contributed by atoms with Crippen LogP contribution in [0.15, 0.2) is 67.0 Å². The average molecular weight is 791 g/mol. The Labute approximate surface area is 329 Å². The molecule has 0 aliphatic carbocycles. The van der Waals surface area contributed by atoms with Crippen LogP contribution < -0.4 is 21.3 Å². The van der Waals surface area contributed by atoms with Gasteiger partial charge >= 0.3 is 0 Å². The monoisotopic (exact) mass is 790 g/mol. The molecule has 4 atom stereocenters. The predicted octanol–water partition coefficient (Wildman–Crippen LogP) is 2.92. The van der Waals surface area contributed by atoms with Crippen molar-refractivity contribution in [3.05, 3.63) is 83.9 Å². The van der Waals surface area contributed by atoms with Crippen LogP contribution in [0.5, 0.6) is 0 Å². The van der Waals surface area contributed by atoms with Gasteiger partial charge in [-0.2, -0.15) is 5.10 Å². The van der Waals surface area contributed by atoms with Crippen LogP contribution in [0.4, 0.5) is 0 Å². The van der Waals surface area contributed by atoms with Crippen LogP contribution >= 0.6 is 23.5 Å². The van der Waals surface area contributed by atoms with Gasteiger partial charge in [-0.25, -0.2) is 4.98 Å². The van der Waals surface area contributed by atoms with Gasteiger partial charge in [-0.05, 0) is 40.9 Å². The van der Waals surface area contributed by atoms with Gasteiger partial charge in [0.1, 0.15) is 24.5 Å². The van der Waals surface area contributed by atoms with Gasteiger partial charge < -0.3 is 26.2 Å². The third-order valence-corrected chi connectivity index (χ3v) is 12.8. The minimum atomic E-state index is -1.18. The number of likely N-dealkylation sites (tertiary alicyclic amines) is 1. The van der Waals surface area contributed by atoms with Crippen molar-refractivity contribution in [2.24, 2.45) is 5.41 Å². The highest BCUT2D eigenvalue weighted by molar-refractivity contribution is 8.18. The van der Waals surface area contributed by atoms with Crippen molar-refractivity contribution in [2.45, 2.75) is 88.0 Å². The number of amides is 5. The highest BCUT2D eigenvalue weighted by Crippen LogP contribution is 2.50. The summed E-state index contributed by atoms with van der Waals surface area (Å²) < 4.78 is -0.426. The molecule has 16 heteroatoms. The molecular formula is C39H50N8O6S2. The van der Waals surface area contributed by atoms with Crippen LogP contribution in [0.2, 0.25) is 0 Å². The molecule has 1 spiro atoms. The number of H-pyrrole nitrogens is 1. The number of carbonyl (C=O) groups is 6.